The van der Waals surface area contributed by atoms with E-state index in [-0.39, 0.29) is 52.0 Å². The number of alkyl halides is 3. The average molecular weight is 590 g/mol. The minimum absolute atomic E-state index is 0.00823. The van der Waals surface area contributed by atoms with E-state index in [1.807, 2.05) is 6.07 Å². The van der Waals surface area contributed by atoms with Crippen molar-refractivity contribution in [3.8, 4) is 23.1 Å². The molecule has 3 rings (SSSR count). The minimum Gasteiger partial charge on any atom is -0.496 e. The van der Waals surface area contributed by atoms with Crippen molar-refractivity contribution in [2.24, 2.45) is 5.92 Å². The number of ether oxygens (including phenoxy) is 1. The van der Waals surface area contributed by atoms with Crippen LogP contribution >= 0.6 is 11.6 Å². The molecule has 1 aliphatic rings. The Labute approximate surface area is 230 Å². The smallest absolute Gasteiger partial charge is 0.408 e. The van der Waals surface area contributed by atoms with Crippen molar-refractivity contribution in [3.63, 3.8) is 0 Å². The number of nitriles is 1. The number of nitrogens with one attached hydrogen (secondary N) is 2. The lowest BCUT2D eigenvalue weighted by Gasteiger charge is -2.27. The zero-order valence-corrected chi connectivity index (χ0v) is 23.4. The van der Waals surface area contributed by atoms with Crippen molar-refractivity contribution in [1.29, 1.82) is 5.26 Å². The summed E-state index contributed by atoms with van der Waals surface area (Å²) in [5.41, 5.74) is 0.780. The summed E-state index contributed by atoms with van der Waals surface area (Å²) in [6.45, 7) is 1.44. The van der Waals surface area contributed by atoms with Crippen molar-refractivity contribution in [2.75, 3.05) is 25.2 Å². The van der Waals surface area contributed by atoms with E-state index in [4.69, 9.17) is 21.6 Å². The Morgan fingerprint density at radius 1 is 1.31 bits per heavy atom. The number of carbonyl (C=O) groups excluding carboxylic acids is 1. The molecule has 1 aliphatic carbocycles. The molecule has 0 aliphatic heterocycles. The Kier molecular flexibility index (Phi) is 9.77. The Morgan fingerprint density at radius 2 is 1.97 bits per heavy atom. The zero-order chi connectivity index (χ0) is 29.0. The fourth-order valence-electron chi connectivity index (χ4n) is 4.55. The number of aromatic nitrogens is 2. The average Bonchev–Trinajstić information content (AvgIpc) is 3.20. The predicted molar refractivity (Wildman–Crippen MR) is 142 cm³/mol. The number of anilines is 1. The number of amides is 1. The maximum Gasteiger partial charge on any atom is 0.408 e. The third-order valence-electron chi connectivity index (χ3n) is 6.83. The van der Waals surface area contributed by atoms with Gasteiger partial charge < -0.3 is 15.4 Å². The number of rotatable bonds is 10. The van der Waals surface area contributed by atoms with Gasteiger partial charge in [0.1, 0.15) is 21.6 Å². The van der Waals surface area contributed by atoms with Gasteiger partial charge in [0.15, 0.2) is 5.69 Å². The zero-order valence-electron chi connectivity index (χ0n) is 21.8. The molecule has 0 spiro atoms. The first-order chi connectivity index (χ1) is 18.3. The molecular weight excluding hydrogens is 559 g/mol. The number of hydrogen-bond acceptors (Lipinski definition) is 7. The normalized spacial score (nSPS) is 18.7. The standard InChI is InChI=1S/C25H31ClF3N5O4S/c1-15(25(27,28)29)32-17-7-10-19(20(13-17)38-2)23-21(26)22(33-34(23)12-4-11-30)24(35)31-14-16-5-8-18(9-6-16)39(3,36)37/h7,10,13,15-16,18,32H,4-6,8-9,12,14H2,1-3H3,(H,31,35). The first-order valence-electron chi connectivity index (χ1n) is 12.4. The summed E-state index contributed by atoms with van der Waals surface area (Å²) < 4.78 is 69.4. The van der Waals surface area contributed by atoms with E-state index in [0.717, 1.165) is 6.92 Å². The summed E-state index contributed by atoms with van der Waals surface area (Å²) in [7, 11) is -1.74. The lowest BCUT2D eigenvalue weighted by atomic mass is 9.89. The molecule has 0 saturated heterocycles. The number of halogens is 4. The molecule has 9 nitrogen and oxygen atoms in total. The van der Waals surface area contributed by atoms with E-state index < -0.39 is 28.0 Å². The van der Waals surface area contributed by atoms with Gasteiger partial charge in [-0.25, -0.2) is 8.42 Å². The van der Waals surface area contributed by atoms with E-state index in [1.54, 1.807) is 0 Å². The Morgan fingerprint density at radius 3 is 2.54 bits per heavy atom. The Hall–Kier alpha value is -2.98. The van der Waals surface area contributed by atoms with Crippen LogP contribution in [0.3, 0.4) is 0 Å². The number of benzene rings is 1. The molecule has 1 saturated carbocycles. The number of nitrogens with zero attached hydrogens (tertiary/aromatic N) is 3. The molecule has 1 atom stereocenters. The van der Waals surface area contributed by atoms with Gasteiger partial charge in [-0.2, -0.15) is 23.5 Å². The van der Waals surface area contributed by atoms with Gasteiger partial charge in [-0.15, -0.1) is 0 Å². The molecule has 1 unspecified atom stereocenters. The van der Waals surface area contributed by atoms with E-state index in [1.165, 1.54) is 36.2 Å². The van der Waals surface area contributed by atoms with Crippen LogP contribution in [-0.2, 0) is 16.4 Å². The summed E-state index contributed by atoms with van der Waals surface area (Å²) in [6.07, 6.45) is -0.722. The molecule has 1 fully saturated rings. The number of aryl methyl sites for hydroxylation is 1. The first kappa shape index (κ1) is 30.6. The molecule has 0 radical (unpaired) electrons. The molecule has 0 bridgehead atoms. The van der Waals surface area contributed by atoms with Crippen LogP contribution in [0.25, 0.3) is 11.3 Å². The van der Waals surface area contributed by atoms with Gasteiger partial charge in [-0.05, 0) is 50.7 Å². The minimum atomic E-state index is -4.44. The summed E-state index contributed by atoms with van der Waals surface area (Å²) in [4.78, 5) is 13.0. The summed E-state index contributed by atoms with van der Waals surface area (Å²) in [6, 6.07) is 4.55. The van der Waals surface area contributed by atoms with Crippen LogP contribution in [0, 0.1) is 17.2 Å². The van der Waals surface area contributed by atoms with Crippen molar-refractivity contribution in [2.45, 2.75) is 63.0 Å². The van der Waals surface area contributed by atoms with Crippen molar-refractivity contribution in [1.82, 2.24) is 15.1 Å². The van der Waals surface area contributed by atoms with Gasteiger partial charge in [-0.3, -0.25) is 9.48 Å². The SMILES string of the molecule is COc1cc(NC(C)C(F)(F)F)ccc1-c1c(Cl)c(C(=O)NCC2CCC(S(C)(=O)=O)CC2)nn1CCC#N. The number of methoxy groups -OCH3 is 1. The van der Waals surface area contributed by atoms with Gasteiger partial charge >= 0.3 is 6.18 Å². The fraction of sp³-hybridized carbons (Fsp3) is 0.560. The monoisotopic (exact) mass is 589 g/mol. The maximum atomic E-state index is 13.0. The maximum absolute atomic E-state index is 13.0. The second kappa shape index (κ2) is 12.5. The molecule has 214 valence electrons. The molecule has 2 aromatic rings. The topological polar surface area (TPSA) is 126 Å². The van der Waals surface area contributed by atoms with Gasteiger partial charge in [0, 0.05) is 30.1 Å². The van der Waals surface area contributed by atoms with Crippen molar-refractivity contribution < 1.29 is 31.1 Å². The van der Waals surface area contributed by atoms with Gasteiger partial charge in [0.05, 0.1) is 42.1 Å². The Bertz CT molecular complexity index is 1330. The van der Waals surface area contributed by atoms with Crippen LogP contribution in [0.2, 0.25) is 5.02 Å². The molecule has 1 aromatic carbocycles. The summed E-state index contributed by atoms with van der Waals surface area (Å²) >= 11 is 6.63. The highest BCUT2D eigenvalue weighted by molar-refractivity contribution is 7.91. The van der Waals surface area contributed by atoms with Gasteiger partial charge in [0.2, 0.25) is 0 Å². The molecule has 2 N–H and O–H groups in total. The largest absolute Gasteiger partial charge is 0.496 e. The fourth-order valence-corrected chi connectivity index (χ4v) is 6.00. The van der Waals surface area contributed by atoms with Crippen molar-refractivity contribution in [3.05, 3.63) is 28.9 Å². The third kappa shape index (κ3) is 7.57. The number of carbonyl (C=O) groups is 1. The van der Waals surface area contributed by atoms with Crippen LogP contribution in [-0.4, -0.2) is 61.5 Å². The van der Waals surface area contributed by atoms with Gasteiger partial charge in [-0.1, -0.05) is 11.6 Å². The van der Waals surface area contributed by atoms with Crippen LogP contribution in [0.1, 0.15) is 49.5 Å². The molecule has 1 amide bonds. The third-order valence-corrected chi connectivity index (χ3v) is 8.87. The Balaban J connectivity index is 1.83. The van der Waals surface area contributed by atoms with E-state index >= 15 is 0 Å². The van der Waals surface area contributed by atoms with E-state index in [2.05, 4.69) is 15.7 Å². The lowest BCUT2D eigenvalue weighted by molar-refractivity contribution is -0.138. The van der Waals surface area contributed by atoms with Crippen LogP contribution < -0.4 is 15.4 Å². The van der Waals surface area contributed by atoms with Crippen LogP contribution in [0.15, 0.2) is 18.2 Å². The van der Waals surface area contributed by atoms with Crippen LogP contribution in [0.4, 0.5) is 18.9 Å². The molecule has 1 aromatic heterocycles. The summed E-state index contributed by atoms with van der Waals surface area (Å²) in [5.74, 6) is -0.215. The number of hydrogen-bond donors (Lipinski definition) is 2. The number of sulfone groups is 1. The molecule has 1 heterocycles. The molecule has 39 heavy (non-hydrogen) atoms. The highest BCUT2D eigenvalue weighted by atomic mass is 35.5. The highest BCUT2D eigenvalue weighted by Gasteiger charge is 2.36. The quantitative estimate of drug-likeness (QED) is 0.407. The second-order valence-electron chi connectivity index (χ2n) is 9.65. The second-order valence-corrected chi connectivity index (χ2v) is 12.4. The predicted octanol–water partition coefficient (Wildman–Crippen LogP) is 4.82. The molecule has 14 heteroatoms. The summed E-state index contributed by atoms with van der Waals surface area (Å²) in [5, 5.41) is 18.3. The van der Waals surface area contributed by atoms with E-state index in [9.17, 15) is 26.4 Å². The van der Waals surface area contributed by atoms with E-state index in [0.29, 0.717) is 37.8 Å². The lowest BCUT2D eigenvalue weighted by Crippen LogP contribution is -2.34. The molecular formula is C25H31ClF3N5O4S. The van der Waals surface area contributed by atoms with Gasteiger partial charge in [0.25, 0.3) is 5.91 Å². The highest BCUT2D eigenvalue weighted by Crippen LogP contribution is 2.39. The first-order valence-corrected chi connectivity index (χ1v) is 14.7. The van der Waals surface area contributed by atoms with Crippen molar-refractivity contribution >= 4 is 33.0 Å². The van der Waals surface area contributed by atoms with Crippen LogP contribution in [0.5, 0.6) is 5.75 Å².